The number of benzene rings is 1. The molecule has 0 aliphatic rings. The van der Waals surface area contributed by atoms with Gasteiger partial charge >= 0.3 is 0 Å². The minimum Gasteiger partial charge on any atom is -0.486 e. The van der Waals surface area contributed by atoms with Crippen LogP contribution in [0.1, 0.15) is 10.4 Å². The van der Waals surface area contributed by atoms with Crippen molar-refractivity contribution >= 4 is 66.4 Å². The summed E-state index contributed by atoms with van der Waals surface area (Å²) in [5, 5.41) is 3.82. The molecular formula is C12H8Br2Cl2OS. The summed E-state index contributed by atoms with van der Waals surface area (Å²) in [4.78, 5) is 1.13. The van der Waals surface area contributed by atoms with Gasteiger partial charge in [-0.1, -0.05) is 39.1 Å². The summed E-state index contributed by atoms with van der Waals surface area (Å²) in [5.74, 6) is 0.683. The van der Waals surface area contributed by atoms with Crippen LogP contribution in [-0.4, -0.2) is 0 Å². The molecule has 96 valence electrons. The van der Waals surface area contributed by atoms with Crippen molar-refractivity contribution in [2.45, 2.75) is 11.9 Å². The smallest absolute Gasteiger partial charge is 0.142 e. The van der Waals surface area contributed by atoms with Gasteiger partial charge in [0.25, 0.3) is 0 Å². The molecule has 1 aromatic carbocycles. The molecule has 18 heavy (non-hydrogen) atoms. The first-order valence-corrected chi connectivity index (χ1v) is 8.54. The van der Waals surface area contributed by atoms with Gasteiger partial charge in [0.1, 0.15) is 12.4 Å². The van der Waals surface area contributed by atoms with E-state index in [4.69, 9.17) is 27.9 Å². The summed E-state index contributed by atoms with van der Waals surface area (Å²) in [6.45, 7) is 0.498. The molecule has 0 radical (unpaired) electrons. The number of ether oxygens (including phenoxy) is 1. The molecule has 1 heterocycles. The minimum atomic E-state index is 0.498. The average molecular weight is 431 g/mol. The summed E-state index contributed by atoms with van der Waals surface area (Å²) in [6.07, 6.45) is 0. The molecule has 0 amide bonds. The van der Waals surface area contributed by atoms with Crippen LogP contribution in [0.3, 0.4) is 0 Å². The van der Waals surface area contributed by atoms with E-state index in [0.717, 1.165) is 14.9 Å². The third-order valence-electron chi connectivity index (χ3n) is 2.21. The van der Waals surface area contributed by atoms with E-state index in [9.17, 15) is 0 Å². The van der Waals surface area contributed by atoms with Crippen LogP contribution in [0.4, 0.5) is 0 Å². The van der Waals surface area contributed by atoms with Crippen LogP contribution in [0.15, 0.2) is 28.1 Å². The molecule has 0 saturated carbocycles. The molecule has 0 unspecified atom stereocenters. The Labute approximate surface area is 136 Å². The van der Waals surface area contributed by atoms with Crippen LogP contribution >= 0.6 is 66.4 Å². The highest BCUT2D eigenvalue weighted by atomic mass is 79.9. The molecular weight excluding hydrogens is 423 g/mol. The lowest BCUT2D eigenvalue weighted by molar-refractivity contribution is 0.307. The number of alkyl halides is 1. The number of thiophene rings is 1. The Bertz CT molecular complexity index is 557. The second-order valence-electron chi connectivity index (χ2n) is 3.53. The monoisotopic (exact) mass is 428 g/mol. The summed E-state index contributed by atoms with van der Waals surface area (Å²) in [6, 6.07) is 5.57. The summed E-state index contributed by atoms with van der Waals surface area (Å²) < 4.78 is 6.85. The van der Waals surface area contributed by atoms with E-state index in [1.165, 1.54) is 0 Å². The van der Waals surface area contributed by atoms with Gasteiger partial charge in [0.05, 0.1) is 5.02 Å². The van der Waals surface area contributed by atoms with E-state index in [-0.39, 0.29) is 0 Å². The second-order valence-corrected chi connectivity index (χ2v) is 6.85. The van der Waals surface area contributed by atoms with Crippen molar-refractivity contribution in [2.75, 3.05) is 0 Å². The van der Waals surface area contributed by atoms with Crippen molar-refractivity contribution in [1.29, 1.82) is 0 Å². The Morgan fingerprint density at radius 2 is 2.00 bits per heavy atom. The molecule has 1 nitrogen and oxygen atoms in total. The quantitative estimate of drug-likeness (QED) is 0.518. The van der Waals surface area contributed by atoms with E-state index in [1.807, 2.05) is 17.5 Å². The van der Waals surface area contributed by atoms with Crippen molar-refractivity contribution < 1.29 is 4.74 Å². The van der Waals surface area contributed by atoms with Gasteiger partial charge in [0, 0.05) is 30.6 Å². The van der Waals surface area contributed by atoms with Gasteiger partial charge in [-0.15, -0.1) is 11.3 Å². The maximum Gasteiger partial charge on any atom is 0.142 e. The number of rotatable bonds is 4. The van der Waals surface area contributed by atoms with Gasteiger partial charge < -0.3 is 4.74 Å². The van der Waals surface area contributed by atoms with Gasteiger partial charge in [-0.05, 0) is 34.1 Å². The molecule has 2 aromatic rings. The lowest BCUT2D eigenvalue weighted by Crippen LogP contribution is -1.97. The fourth-order valence-electron chi connectivity index (χ4n) is 1.45. The first kappa shape index (κ1) is 14.7. The molecule has 0 N–H and O–H groups in total. The Morgan fingerprint density at radius 3 is 2.61 bits per heavy atom. The van der Waals surface area contributed by atoms with Gasteiger partial charge in [-0.25, -0.2) is 0 Å². The topological polar surface area (TPSA) is 9.23 Å². The molecule has 0 bridgehead atoms. The average Bonchev–Trinajstić information content (AvgIpc) is 2.73. The normalized spacial score (nSPS) is 10.7. The Hall–Kier alpha value is 0.260. The predicted octanol–water partition coefficient (Wildman–Crippen LogP) is 6.29. The van der Waals surface area contributed by atoms with Gasteiger partial charge in [-0.3, -0.25) is 0 Å². The Morgan fingerprint density at radius 1 is 1.22 bits per heavy atom. The van der Waals surface area contributed by atoms with Crippen LogP contribution in [0.25, 0.3) is 0 Å². The van der Waals surface area contributed by atoms with E-state index in [2.05, 4.69) is 31.9 Å². The maximum atomic E-state index is 6.15. The third-order valence-corrected chi connectivity index (χ3v) is 4.98. The van der Waals surface area contributed by atoms with Crippen LogP contribution in [0.5, 0.6) is 5.75 Å². The Balaban J connectivity index is 2.18. The number of hydrogen-bond donors (Lipinski definition) is 0. The molecule has 0 saturated heterocycles. The van der Waals surface area contributed by atoms with Crippen LogP contribution in [0, 0.1) is 0 Å². The van der Waals surface area contributed by atoms with Gasteiger partial charge in [0.15, 0.2) is 0 Å². The van der Waals surface area contributed by atoms with E-state index < -0.39 is 0 Å². The molecule has 0 aliphatic heterocycles. The summed E-state index contributed by atoms with van der Waals surface area (Å²) >= 11 is 20.6. The predicted molar refractivity (Wildman–Crippen MR) is 85.4 cm³/mol. The van der Waals surface area contributed by atoms with Crippen LogP contribution in [0.2, 0.25) is 10.0 Å². The highest BCUT2D eigenvalue weighted by Crippen LogP contribution is 2.34. The molecule has 0 atom stereocenters. The second kappa shape index (κ2) is 6.62. The molecule has 2 rings (SSSR count). The minimum absolute atomic E-state index is 0.498. The fourth-order valence-corrected chi connectivity index (χ4v) is 3.82. The number of hydrogen-bond acceptors (Lipinski definition) is 2. The van der Waals surface area contributed by atoms with Crippen molar-refractivity contribution in [2.24, 2.45) is 0 Å². The van der Waals surface area contributed by atoms with Crippen LogP contribution < -0.4 is 4.74 Å². The lowest BCUT2D eigenvalue weighted by Gasteiger charge is -2.11. The summed E-state index contributed by atoms with van der Waals surface area (Å²) in [5.41, 5.74) is 0.947. The number of halogens is 4. The van der Waals surface area contributed by atoms with Crippen molar-refractivity contribution in [3.63, 3.8) is 0 Å². The van der Waals surface area contributed by atoms with Crippen molar-refractivity contribution in [1.82, 2.24) is 0 Å². The lowest BCUT2D eigenvalue weighted by atomic mass is 10.2. The zero-order valence-electron chi connectivity index (χ0n) is 9.05. The zero-order valence-corrected chi connectivity index (χ0v) is 14.6. The fraction of sp³-hybridized carbons (Fsp3) is 0.167. The van der Waals surface area contributed by atoms with E-state index >= 15 is 0 Å². The standard InChI is InChI=1S/C12H8Br2Cl2OS/c13-4-7-1-9(15)3-11(16)12(7)17-5-10-2-8(14)6-18-10/h1-3,6H,4-5H2. The first-order valence-electron chi connectivity index (χ1n) is 4.99. The third kappa shape index (κ3) is 3.64. The maximum absolute atomic E-state index is 6.15. The van der Waals surface area contributed by atoms with E-state index in [1.54, 1.807) is 17.4 Å². The molecule has 0 fully saturated rings. The highest BCUT2D eigenvalue weighted by molar-refractivity contribution is 9.10. The molecule has 0 aliphatic carbocycles. The van der Waals surface area contributed by atoms with Gasteiger partial charge in [-0.2, -0.15) is 0 Å². The van der Waals surface area contributed by atoms with Crippen molar-refractivity contribution in [3.05, 3.63) is 48.5 Å². The first-order chi connectivity index (χ1) is 8.60. The summed E-state index contributed by atoms with van der Waals surface area (Å²) in [7, 11) is 0. The SMILES string of the molecule is Clc1cc(Cl)c(OCc2cc(Br)cs2)c(CBr)c1. The molecule has 6 heteroatoms. The Kier molecular flexibility index (Phi) is 5.39. The van der Waals surface area contributed by atoms with Crippen molar-refractivity contribution in [3.8, 4) is 5.75 Å². The zero-order chi connectivity index (χ0) is 13.1. The largest absolute Gasteiger partial charge is 0.486 e. The molecule has 1 aromatic heterocycles. The molecule has 0 spiro atoms. The highest BCUT2D eigenvalue weighted by Gasteiger charge is 2.10. The van der Waals surface area contributed by atoms with Gasteiger partial charge in [0.2, 0.25) is 0 Å². The van der Waals surface area contributed by atoms with E-state index in [0.29, 0.717) is 27.7 Å². The van der Waals surface area contributed by atoms with Crippen LogP contribution in [-0.2, 0) is 11.9 Å².